The van der Waals surface area contributed by atoms with Gasteiger partial charge in [0.25, 0.3) is 15.9 Å². The summed E-state index contributed by atoms with van der Waals surface area (Å²) < 4.78 is 41.0. The van der Waals surface area contributed by atoms with Crippen LogP contribution in [0.3, 0.4) is 0 Å². The summed E-state index contributed by atoms with van der Waals surface area (Å²) in [6, 6.07) is 17.3. The van der Waals surface area contributed by atoms with Gasteiger partial charge in [-0.05, 0) is 73.9 Å². The Morgan fingerprint density at radius 3 is 2.40 bits per heavy atom. The number of hydrogen-bond acceptors (Lipinski definition) is 3. The van der Waals surface area contributed by atoms with Crippen molar-refractivity contribution in [1.29, 1.82) is 0 Å². The molecule has 0 spiro atoms. The molecule has 0 atom stereocenters. The highest BCUT2D eigenvalue weighted by molar-refractivity contribution is 7.92. The smallest absolute Gasteiger partial charge is 0.264 e. The van der Waals surface area contributed by atoms with E-state index in [1.54, 1.807) is 36.4 Å². The molecule has 1 aliphatic heterocycles. The average molecular weight is 424 g/mol. The molecule has 30 heavy (non-hydrogen) atoms. The van der Waals surface area contributed by atoms with Gasteiger partial charge in [-0.25, -0.2) is 12.8 Å². The van der Waals surface area contributed by atoms with Crippen molar-refractivity contribution in [1.82, 2.24) is 0 Å². The number of rotatable bonds is 4. The average Bonchev–Trinajstić information content (AvgIpc) is 2.74. The van der Waals surface area contributed by atoms with Gasteiger partial charge in [0.2, 0.25) is 0 Å². The van der Waals surface area contributed by atoms with E-state index >= 15 is 0 Å². The Morgan fingerprint density at radius 2 is 1.70 bits per heavy atom. The van der Waals surface area contributed by atoms with E-state index in [0.29, 0.717) is 23.5 Å². The van der Waals surface area contributed by atoms with Crippen LogP contribution in [0.1, 0.15) is 27.9 Å². The highest BCUT2D eigenvalue weighted by Crippen LogP contribution is 2.34. The molecule has 3 aromatic rings. The van der Waals surface area contributed by atoms with Gasteiger partial charge in [-0.3, -0.25) is 9.10 Å². The first kappa shape index (κ1) is 20.1. The summed E-state index contributed by atoms with van der Waals surface area (Å²) >= 11 is 0. The van der Waals surface area contributed by atoms with E-state index in [1.807, 2.05) is 13.0 Å². The summed E-state index contributed by atoms with van der Waals surface area (Å²) in [6.07, 6.45) is 1.49. The summed E-state index contributed by atoms with van der Waals surface area (Å²) in [5.41, 5.74) is 3.27. The van der Waals surface area contributed by atoms with Gasteiger partial charge in [-0.1, -0.05) is 23.8 Å². The van der Waals surface area contributed by atoms with Crippen LogP contribution in [0.4, 0.5) is 15.8 Å². The maximum atomic E-state index is 13.3. The zero-order valence-corrected chi connectivity index (χ0v) is 17.2. The van der Waals surface area contributed by atoms with Crippen molar-refractivity contribution in [2.24, 2.45) is 0 Å². The number of amides is 1. The first-order valence-electron chi connectivity index (χ1n) is 9.64. The quantitative estimate of drug-likeness (QED) is 0.669. The maximum absolute atomic E-state index is 13.3. The molecule has 3 aromatic carbocycles. The van der Waals surface area contributed by atoms with E-state index in [-0.39, 0.29) is 4.90 Å². The number of sulfonamides is 1. The van der Waals surface area contributed by atoms with Crippen molar-refractivity contribution in [3.8, 4) is 0 Å². The first-order valence-corrected chi connectivity index (χ1v) is 11.1. The number of halogens is 1. The number of carbonyl (C=O) groups excluding carboxylic acids is 1. The van der Waals surface area contributed by atoms with Crippen LogP contribution >= 0.6 is 0 Å². The van der Waals surface area contributed by atoms with Gasteiger partial charge in [-0.15, -0.1) is 0 Å². The predicted octanol–water partition coefficient (Wildman–Crippen LogP) is 4.53. The van der Waals surface area contributed by atoms with Crippen LogP contribution in [0.25, 0.3) is 0 Å². The molecule has 0 saturated carbocycles. The normalized spacial score (nSPS) is 13.6. The molecule has 0 aromatic heterocycles. The third-order valence-corrected chi connectivity index (χ3v) is 6.96. The van der Waals surface area contributed by atoms with Crippen LogP contribution in [0.2, 0.25) is 0 Å². The number of aryl methyl sites for hydroxylation is 2. The molecule has 7 heteroatoms. The minimum atomic E-state index is -3.72. The maximum Gasteiger partial charge on any atom is 0.264 e. The van der Waals surface area contributed by atoms with E-state index in [0.717, 1.165) is 24.0 Å². The molecular formula is C23H21FN2O3S. The molecule has 0 radical (unpaired) electrons. The summed E-state index contributed by atoms with van der Waals surface area (Å²) in [6.45, 7) is 2.28. The molecule has 1 N–H and O–H groups in total. The summed E-state index contributed by atoms with van der Waals surface area (Å²) in [5, 5.41) is 2.76. The van der Waals surface area contributed by atoms with Gasteiger partial charge < -0.3 is 5.32 Å². The third-order valence-electron chi connectivity index (χ3n) is 5.13. The Hall–Kier alpha value is -3.19. The Bertz CT molecular complexity index is 1190. The number of anilines is 2. The minimum absolute atomic E-state index is 0.238. The standard InChI is InChI=1S/C23H21FN2O3S/c1-16-4-12-21(13-5-16)30(28,29)26-14-2-3-17-8-11-20(15-22(17)26)25-23(27)18-6-9-19(24)10-7-18/h4-13,15H,2-3,14H2,1H3,(H,25,27). The lowest BCUT2D eigenvalue weighted by Gasteiger charge is -2.31. The van der Waals surface area contributed by atoms with Crippen LogP contribution in [0, 0.1) is 12.7 Å². The molecular weight excluding hydrogens is 403 g/mol. The van der Waals surface area contributed by atoms with Crippen molar-refractivity contribution in [3.63, 3.8) is 0 Å². The van der Waals surface area contributed by atoms with E-state index < -0.39 is 21.7 Å². The zero-order valence-electron chi connectivity index (χ0n) is 16.4. The molecule has 154 valence electrons. The molecule has 1 heterocycles. The van der Waals surface area contributed by atoms with E-state index in [2.05, 4.69) is 5.32 Å². The third kappa shape index (κ3) is 3.93. The molecule has 0 saturated heterocycles. The summed E-state index contributed by atoms with van der Waals surface area (Å²) in [7, 11) is -3.72. The molecule has 1 amide bonds. The fourth-order valence-corrected chi connectivity index (χ4v) is 5.04. The molecule has 0 aliphatic carbocycles. The Kier molecular flexibility index (Phi) is 5.30. The van der Waals surface area contributed by atoms with Gasteiger partial charge >= 0.3 is 0 Å². The first-order chi connectivity index (χ1) is 14.3. The van der Waals surface area contributed by atoms with Crippen LogP contribution in [0.5, 0.6) is 0 Å². The van der Waals surface area contributed by atoms with E-state index in [1.165, 1.54) is 28.6 Å². The van der Waals surface area contributed by atoms with Crippen molar-refractivity contribution >= 4 is 27.3 Å². The van der Waals surface area contributed by atoms with Crippen molar-refractivity contribution in [3.05, 3.63) is 89.2 Å². The highest BCUT2D eigenvalue weighted by atomic mass is 32.2. The second kappa shape index (κ2) is 7.91. The monoisotopic (exact) mass is 424 g/mol. The molecule has 0 fully saturated rings. The zero-order chi connectivity index (χ0) is 21.3. The Labute approximate surface area is 175 Å². The topological polar surface area (TPSA) is 66.5 Å². The fourth-order valence-electron chi connectivity index (χ4n) is 3.51. The SMILES string of the molecule is Cc1ccc(S(=O)(=O)N2CCCc3ccc(NC(=O)c4ccc(F)cc4)cc32)cc1. The van der Waals surface area contributed by atoms with Crippen molar-refractivity contribution in [2.45, 2.75) is 24.7 Å². The largest absolute Gasteiger partial charge is 0.322 e. The second-order valence-corrected chi connectivity index (χ2v) is 9.16. The summed E-state index contributed by atoms with van der Waals surface area (Å²) in [4.78, 5) is 12.7. The number of fused-ring (bicyclic) bond motifs is 1. The van der Waals surface area contributed by atoms with Gasteiger partial charge in [0.15, 0.2) is 0 Å². The van der Waals surface area contributed by atoms with Gasteiger partial charge in [0.05, 0.1) is 10.6 Å². The number of carbonyl (C=O) groups is 1. The van der Waals surface area contributed by atoms with Crippen LogP contribution in [0.15, 0.2) is 71.6 Å². The lowest BCUT2D eigenvalue weighted by atomic mass is 10.0. The fraction of sp³-hybridized carbons (Fsp3) is 0.174. The van der Waals surface area contributed by atoms with Crippen LogP contribution < -0.4 is 9.62 Å². The molecule has 4 rings (SSSR count). The molecule has 5 nitrogen and oxygen atoms in total. The lowest BCUT2D eigenvalue weighted by molar-refractivity contribution is 0.102. The van der Waals surface area contributed by atoms with E-state index in [4.69, 9.17) is 0 Å². The van der Waals surface area contributed by atoms with Crippen LogP contribution in [-0.2, 0) is 16.4 Å². The van der Waals surface area contributed by atoms with Gasteiger partial charge in [0, 0.05) is 17.8 Å². The molecule has 0 unspecified atom stereocenters. The minimum Gasteiger partial charge on any atom is -0.322 e. The van der Waals surface area contributed by atoms with Crippen LogP contribution in [-0.4, -0.2) is 20.9 Å². The Morgan fingerprint density at radius 1 is 1.00 bits per heavy atom. The number of hydrogen-bond donors (Lipinski definition) is 1. The number of benzene rings is 3. The van der Waals surface area contributed by atoms with Crippen molar-refractivity contribution < 1.29 is 17.6 Å². The van der Waals surface area contributed by atoms with E-state index in [9.17, 15) is 17.6 Å². The molecule has 1 aliphatic rings. The number of nitrogens with zero attached hydrogens (tertiary/aromatic N) is 1. The number of nitrogens with one attached hydrogen (secondary N) is 1. The van der Waals surface area contributed by atoms with Gasteiger partial charge in [-0.2, -0.15) is 0 Å². The Balaban J connectivity index is 1.65. The van der Waals surface area contributed by atoms with Crippen molar-refractivity contribution in [2.75, 3.05) is 16.2 Å². The highest BCUT2D eigenvalue weighted by Gasteiger charge is 2.29. The second-order valence-electron chi connectivity index (χ2n) is 7.30. The summed E-state index contributed by atoms with van der Waals surface area (Å²) in [5.74, 6) is -0.809. The molecule has 0 bridgehead atoms. The predicted molar refractivity (Wildman–Crippen MR) is 115 cm³/mol. The van der Waals surface area contributed by atoms with Gasteiger partial charge in [0.1, 0.15) is 5.82 Å². The lowest BCUT2D eigenvalue weighted by Crippen LogP contribution is -2.35.